The van der Waals surface area contributed by atoms with Gasteiger partial charge in [0, 0.05) is 168 Å². The average Bonchev–Trinajstić information content (AvgIpc) is 0.822. The molecule has 0 spiro atoms. The summed E-state index contributed by atoms with van der Waals surface area (Å²) >= 11 is 5.28. The van der Waals surface area contributed by atoms with Crippen LogP contribution in [0.1, 0.15) is 24.5 Å². The molecular weight excluding hydrogens is 1930 g/mol. The van der Waals surface area contributed by atoms with Crippen molar-refractivity contribution in [2.45, 2.75) is 31.3 Å². The number of halogens is 1. The van der Waals surface area contributed by atoms with Gasteiger partial charge in [0.05, 0.1) is 30.9 Å². The second kappa shape index (κ2) is 70.1. The summed E-state index contributed by atoms with van der Waals surface area (Å²) in [5.41, 5.74) is 56.6. The molecule has 0 radical (unpaired) electrons. The molecule has 143 heavy (non-hydrogen) atoms. The molecule has 0 aliphatic carbocycles. The monoisotopic (exact) mass is 2030 g/mol. The number of aliphatic carboxylic acids is 8. The molecule has 52 heteroatoms. The summed E-state index contributed by atoms with van der Waals surface area (Å²) in [4.78, 5) is 192. The largest absolute Gasteiger partial charge is 1.00 e. The molecule has 8 amide bonds. The van der Waals surface area contributed by atoms with E-state index in [-0.39, 0.29) is 52.6 Å². The van der Waals surface area contributed by atoms with E-state index in [1.54, 1.807) is 140 Å². The fourth-order valence-electron chi connectivity index (χ4n) is 8.44. The molecule has 8 aromatic carbocycles. The Hall–Kier alpha value is -18.6. The molecule has 0 fully saturated rings. The van der Waals surface area contributed by atoms with Gasteiger partial charge < -0.3 is 154 Å². The van der Waals surface area contributed by atoms with Gasteiger partial charge in [-0.15, -0.1) is 0 Å². The van der Waals surface area contributed by atoms with Crippen LogP contribution in [0.15, 0.2) is 301 Å². The zero-order valence-electron chi connectivity index (χ0n) is 75.5. The number of nitrogen functional groups attached to an aromatic ring is 7. The van der Waals surface area contributed by atoms with Crippen LogP contribution in [0.4, 0.5) is 73.9 Å². The van der Waals surface area contributed by atoms with Crippen LogP contribution in [-0.4, -0.2) is 181 Å². The maximum absolute atomic E-state index is 11.4. The van der Waals surface area contributed by atoms with Crippen molar-refractivity contribution in [3.8, 4) is 5.75 Å². The van der Waals surface area contributed by atoms with Gasteiger partial charge in [0.2, 0.25) is 47.0 Å². The van der Waals surface area contributed by atoms with Gasteiger partial charge in [-0.1, -0.05) is 42.8 Å². The second-order valence-electron chi connectivity index (χ2n) is 26.2. The van der Waals surface area contributed by atoms with E-state index in [0.29, 0.717) is 125 Å². The van der Waals surface area contributed by atoms with E-state index in [2.05, 4.69) is 47.3 Å². The molecular formula is C91H97ClN17NaO32S. The van der Waals surface area contributed by atoms with Crippen LogP contribution in [0.25, 0.3) is 0 Å². The first-order valence-electron chi connectivity index (χ1n) is 39.3. The molecule has 0 heterocycles. The number of benzene rings is 8. The van der Waals surface area contributed by atoms with Crippen molar-refractivity contribution in [3.63, 3.8) is 0 Å². The predicted molar refractivity (Wildman–Crippen MR) is 520 cm³/mol. The molecule has 0 saturated heterocycles. The molecule has 0 aliphatic heterocycles. The van der Waals surface area contributed by atoms with Gasteiger partial charge in [-0.2, -0.15) is 8.42 Å². The summed E-state index contributed by atoms with van der Waals surface area (Å²) in [6.45, 7) is 3.27. The number of ketones is 1. The Labute approximate surface area is 839 Å². The van der Waals surface area contributed by atoms with E-state index in [9.17, 15) is 99.8 Å². The van der Waals surface area contributed by atoms with Crippen LogP contribution in [0, 0.1) is 0 Å². The summed E-state index contributed by atoms with van der Waals surface area (Å²) in [7, 11) is -3.33. The van der Waals surface area contributed by atoms with Gasteiger partial charge in [0.25, 0.3) is 21.9 Å². The summed E-state index contributed by atoms with van der Waals surface area (Å²) in [5, 5.41) is 96.1. The van der Waals surface area contributed by atoms with Crippen molar-refractivity contribution in [2.75, 3.05) is 92.2 Å². The van der Waals surface area contributed by atoms with Crippen LogP contribution in [-0.2, 0) is 114 Å². The van der Waals surface area contributed by atoms with Crippen LogP contribution in [0.2, 0.25) is 0 Å². The van der Waals surface area contributed by atoms with E-state index < -0.39 is 127 Å². The van der Waals surface area contributed by atoms with E-state index in [0.717, 1.165) is 71.9 Å². The minimum atomic E-state index is -4.51. The number of esters is 1. The molecule has 752 valence electrons. The summed E-state index contributed by atoms with van der Waals surface area (Å²) in [6, 6.07) is 49.5. The molecule has 0 aromatic heterocycles. The zero-order valence-corrected chi connectivity index (χ0v) is 79.1. The second-order valence-corrected chi connectivity index (χ2v) is 28.0. The number of nitrogens with one attached hydrogen (secondary N) is 8. The van der Waals surface area contributed by atoms with Crippen molar-refractivity contribution < 1.29 is 184 Å². The van der Waals surface area contributed by atoms with Crippen molar-refractivity contribution in [3.05, 3.63) is 307 Å². The third kappa shape index (κ3) is 64.9. The van der Waals surface area contributed by atoms with Crippen LogP contribution >= 0.6 is 11.6 Å². The zero-order chi connectivity index (χ0) is 108. The number of carbonyl (C=O) groups is 18. The van der Waals surface area contributed by atoms with Crippen molar-refractivity contribution in [2.24, 2.45) is 11.5 Å². The van der Waals surface area contributed by atoms with Gasteiger partial charge in [0.1, 0.15) is 15.7 Å². The van der Waals surface area contributed by atoms with E-state index in [1.165, 1.54) is 43.5 Å². The molecule has 35 N–H and O–H groups in total. The topological polar surface area (TPSA) is 895 Å². The van der Waals surface area contributed by atoms with Crippen LogP contribution < -0.4 is 134 Å². The Kier molecular flexibility index (Phi) is 62.0. The normalized spacial score (nSPS) is 10.5. The van der Waals surface area contributed by atoms with Crippen LogP contribution in [0.5, 0.6) is 5.75 Å². The Balaban J connectivity index is 0. The molecule has 0 bridgehead atoms. The van der Waals surface area contributed by atoms with Crippen LogP contribution in [0.3, 0.4) is 0 Å². The first-order chi connectivity index (χ1) is 66.7. The van der Waals surface area contributed by atoms with E-state index in [1.807, 2.05) is 24.3 Å². The van der Waals surface area contributed by atoms with Gasteiger partial charge in [-0.25, -0.2) is 38.4 Å². The first-order valence-corrected chi connectivity index (χ1v) is 41.2. The number of anilines is 13. The minimum absolute atomic E-state index is 0. The van der Waals surface area contributed by atoms with Crippen molar-refractivity contribution in [1.29, 1.82) is 0 Å². The van der Waals surface area contributed by atoms with Gasteiger partial charge in [-0.3, -0.25) is 47.7 Å². The number of nitrogens with two attached hydrogens (primary N) is 9. The number of carbonyl (C=O) groups excluding carboxylic acids is 11. The van der Waals surface area contributed by atoms with Gasteiger partial charge in [0.15, 0.2) is 5.78 Å². The summed E-state index contributed by atoms with van der Waals surface area (Å²) in [5.74, 6) is -16.8. The van der Waals surface area contributed by atoms with Gasteiger partial charge in [-0.05, 0) is 187 Å². The quantitative estimate of drug-likeness (QED) is 0.00523. The predicted octanol–water partition coefficient (Wildman–Crippen LogP) is 1.24. The molecule has 0 unspecified atom stereocenters. The fourth-order valence-corrected chi connectivity index (χ4v) is 9.18. The number of amides is 8. The molecule has 49 nitrogen and oxygen atoms in total. The SMILES string of the molecule is CCC(=O)/C=C/C(=O)Nc1ccc(N)cc1.CO/C(=C\C(=O)Nc1ccc(N)cc1)C(=O)O.NCCNC(=O)/C=C\C(=O)O.NCc1ccc(CNC(=O)/C=C/C(=O)O)cc1.Nc1ccc(NC(=O)/C=C(/Cl)C(=O)O)cc1.Nc1ccc(NC(=O)/C=C(/O)C(=O)O)cc1.Nc1ccc(NC(=O)/C=C\C(=O)O)cc1S(=O)(=O)O.Nc1ccc(NC(=O)/C=C\C(=O)[O-])cc1.Nc1ccc(OC(=O)/C=C\C(=O)O)cc1.[Na+]. The maximum atomic E-state index is 11.4. The van der Waals surface area contributed by atoms with E-state index >= 15 is 0 Å². The number of rotatable bonds is 33. The number of allylic oxidation sites excluding steroid dienone is 1. The number of methoxy groups -OCH3 is 1. The molecule has 0 saturated carbocycles. The van der Waals surface area contributed by atoms with Gasteiger partial charge >= 0.3 is 77.3 Å². The number of carboxylic acid groups (broad SMARTS) is 8. The Morgan fingerprint density at radius 2 is 0.699 bits per heavy atom. The number of hydrogen-bond acceptors (Lipinski definition) is 33. The molecule has 0 aliphatic rings. The number of aliphatic hydroxyl groups excluding tert-OH is 1. The first kappa shape index (κ1) is 126. The summed E-state index contributed by atoms with van der Waals surface area (Å²) in [6.07, 6.45) is 13.1. The number of aliphatic hydroxyl groups is 1. The molecule has 8 rings (SSSR count). The standard InChI is InChI=1S/C12H14N2O3.C12H14N2O2.C11H12N2O4.C10H9ClN2O3.C10H10N2O6S.C10H10N2O4.C10H10N2O3.C10H9NO4.C6H10N2O3.Na/c13-7-9-1-3-10(4-2-9)8-14-11(15)5-6-12(16)17;1-2-11(15)7-8-12(16)14-10-5-3-9(13)4-6-10;1-17-9(11(15)16)6-10(14)13-8-4-2-7(12)3-5-8;11-8(10(15)16)5-9(14)13-7-3-1-6(12)2-4-7;11-7-2-1-6(5-8(7)19(16,17)18)12-9(13)3-4-10(14)15;11-6-1-3-7(4-2-6)12-9(14)5-8(13)10(15)16;11-7-1-3-8(4-2-7)12-9(13)5-6-10(14)15;11-7-1-3-8(4-2-7)15-10(14)6-5-9(12)13;7-3-4-8-5(9)1-2-6(10)11;/h1-6H,7-8,13H2,(H,14,15)(H,16,17);3-8H,2,13H2,1H3,(H,14,16);2-6H,12H2,1H3,(H,13,14)(H,15,16);1-5H,12H2,(H,13,14)(H,15,16);1-5H,11H2,(H,12,13)(H,14,15)(H,16,17,18);1-5,13H,11H2,(H,12,14)(H,15,16);1-6H,11H2,(H,12,13)(H,14,15);1-6H,11H2,(H,12,13);1-2H,3-4,7H2,(H,8,9)(H,10,11);/q;;;;;;;;;+1/p-1/b6-5+;8-7+;9-6-;8-5+;4-3-;8-5+;2*6-5-;2-1-;. The minimum Gasteiger partial charge on any atom is -0.545 e. The third-order valence-electron chi connectivity index (χ3n) is 15.0. The Morgan fingerprint density at radius 1 is 0.378 bits per heavy atom. The Morgan fingerprint density at radius 3 is 1.03 bits per heavy atom. The number of hydrogen-bond donors (Lipinski definition) is 26. The molecule has 0 atom stereocenters. The number of ether oxygens (including phenoxy) is 2. The summed E-state index contributed by atoms with van der Waals surface area (Å²) < 4.78 is 40.1. The smallest absolute Gasteiger partial charge is 0.545 e. The number of carboxylic acids is 8. The van der Waals surface area contributed by atoms with Crippen molar-refractivity contribution in [1.82, 2.24) is 10.6 Å². The maximum Gasteiger partial charge on any atom is 1.00 e. The van der Waals surface area contributed by atoms with E-state index in [4.69, 9.17) is 113 Å². The molecule has 8 aromatic rings. The van der Waals surface area contributed by atoms with Crippen molar-refractivity contribution >= 4 is 202 Å². The fraction of sp³-hybridized carbons (Fsp3) is 0.0769. The Bertz CT molecular complexity index is 5940. The third-order valence-corrected chi connectivity index (χ3v) is 16.2. The average molecular weight is 2030 g/mol.